The van der Waals surface area contributed by atoms with Crippen LogP contribution in [0.2, 0.25) is 0 Å². The third-order valence-corrected chi connectivity index (χ3v) is 11.0. The summed E-state index contributed by atoms with van der Waals surface area (Å²) in [5.41, 5.74) is 6.62. The molecule has 57 heavy (non-hydrogen) atoms. The van der Waals surface area contributed by atoms with Crippen LogP contribution >= 0.6 is 0 Å². The van der Waals surface area contributed by atoms with Crippen molar-refractivity contribution in [2.75, 3.05) is 27.3 Å². The second kappa shape index (κ2) is 16.1. The molecule has 2 aliphatic rings. The third kappa shape index (κ3) is 7.94. The lowest BCUT2D eigenvalue weighted by molar-refractivity contribution is -0.136. The van der Waals surface area contributed by atoms with Gasteiger partial charge >= 0.3 is 12.2 Å². The summed E-state index contributed by atoms with van der Waals surface area (Å²) in [5.74, 6) is 0.788. The molecule has 4 N–H and O–H groups in total. The molecule has 1 saturated heterocycles. The van der Waals surface area contributed by atoms with Crippen LogP contribution in [0.25, 0.3) is 44.2 Å². The van der Waals surface area contributed by atoms with E-state index in [0.29, 0.717) is 18.9 Å². The Morgan fingerprint density at radius 3 is 2.02 bits per heavy atom. The van der Waals surface area contributed by atoms with Gasteiger partial charge in [0.15, 0.2) is 0 Å². The molecule has 0 radical (unpaired) electrons. The van der Waals surface area contributed by atoms with Crippen molar-refractivity contribution in [2.45, 2.75) is 71.6 Å². The van der Waals surface area contributed by atoms with Gasteiger partial charge in [-0.05, 0) is 77.8 Å². The summed E-state index contributed by atoms with van der Waals surface area (Å²) in [5, 5.41) is 7.54. The van der Waals surface area contributed by atoms with Crippen LogP contribution in [0.1, 0.15) is 71.2 Å². The maximum Gasteiger partial charge on any atom is 0.407 e. The monoisotopic (exact) mass is 774 g/mol. The number of aromatic nitrogens is 4. The van der Waals surface area contributed by atoms with Gasteiger partial charge in [-0.1, -0.05) is 69.7 Å². The van der Waals surface area contributed by atoms with Crippen LogP contribution in [-0.2, 0) is 19.1 Å². The van der Waals surface area contributed by atoms with Crippen LogP contribution in [0.4, 0.5) is 9.59 Å². The van der Waals surface area contributed by atoms with Gasteiger partial charge in [0.05, 0.1) is 43.2 Å². The van der Waals surface area contributed by atoms with Gasteiger partial charge in [0.1, 0.15) is 29.8 Å². The van der Waals surface area contributed by atoms with Gasteiger partial charge in [-0.3, -0.25) is 9.59 Å². The number of likely N-dealkylation sites (tertiary alicyclic amines) is 1. The number of methoxy groups -OCH3 is 2. The molecule has 4 heterocycles. The Morgan fingerprint density at radius 1 is 0.772 bits per heavy atom. The van der Waals surface area contributed by atoms with Crippen LogP contribution in [0.15, 0.2) is 72.4 Å². The number of rotatable bonds is 10. The maximum atomic E-state index is 13.7. The fraction of sp³-hybridized carbons (Fsp3) is 0.395. The summed E-state index contributed by atoms with van der Waals surface area (Å²) < 4.78 is 9.55. The van der Waals surface area contributed by atoms with Crippen molar-refractivity contribution < 1.29 is 28.7 Å². The number of carbonyl (C=O) groups is 4. The van der Waals surface area contributed by atoms with E-state index in [-0.39, 0.29) is 29.7 Å². The van der Waals surface area contributed by atoms with Crippen LogP contribution in [0.5, 0.6) is 0 Å². The van der Waals surface area contributed by atoms with E-state index < -0.39 is 30.3 Å². The first-order valence-electron chi connectivity index (χ1n) is 19.4. The predicted octanol–water partition coefficient (Wildman–Crippen LogP) is 7.03. The van der Waals surface area contributed by atoms with Gasteiger partial charge in [0.2, 0.25) is 11.8 Å². The third-order valence-electron chi connectivity index (χ3n) is 11.0. The highest BCUT2D eigenvalue weighted by atomic mass is 16.5. The van der Waals surface area contributed by atoms with E-state index in [2.05, 4.69) is 69.1 Å². The summed E-state index contributed by atoms with van der Waals surface area (Å²) in [6.07, 6.45) is 4.17. The minimum atomic E-state index is -0.736. The van der Waals surface area contributed by atoms with Gasteiger partial charge in [-0.2, -0.15) is 0 Å². The second-order valence-electron chi connectivity index (χ2n) is 15.6. The Morgan fingerprint density at radius 2 is 1.37 bits per heavy atom. The zero-order valence-electron chi connectivity index (χ0n) is 33.4. The number of hydrogen-bond acceptors (Lipinski definition) is 8. The van der Waals surface area contributed by atoms with Crippen LogP contribution < -0.4 is 10.6 Å². The molecule has 0 bridgehead atoms. The topological polar surface area (TPSA) is 175 Å². The Labute approximate surface area is 331 Å². The molecule has 1 fully saturated rings. The molecule has 0 saturated carbocycles. The molecule has 7 rings (SSSR count). The molecular formula is C43H50N8O6. The van der Waals surface area contributed by atoms with Crippen LogP contribution in [-0.4, -0.2) is 93.1 Å². The first kappa shape index (κ1) is 39.1. The van der Waals surface area contributed by atoms with Crippen molar-refractivity contribution in [3.05, 3.63) is 84.1 Å². The number of aromatic amines is 2. The van der Waals surface area contributed by atoms with Crippen LogP contribution in [0, 0.1) is 11.8 Å². The number of benzene rings is 3. The molecular weight excluding hydrogens is 725 g/mol. The Hall–Kier alpha value is -6.18. The summed E-state index contributed by atoms with van der Waals surface area (Å²) in [4.78, 5) is 71.4. The van der Waals surface area contributed by atoms with Gasteiger partial charge in [-0.25, -0.2) is 19.6 Å². The van der Waals surface area contributed by atoms with Gasteiger partial charge in [0, 0.05) is 18.7 Å². The molecule has 2 aromatic heterocycles. The number of imidazole rings is 2. The number of H-pyrrole nitrogens is 2. The van der Waals surface area contributed by atoms with Crippen molar-refractivity contribution in [2.24, 2.45) is 11.8 Å². The standard InChI is InChI=1S/C43H50N8O6/c1-23(2)36(48-42(54)56-6)40(52)50-16-8-9-34(50)39-45-31-15-14-29(20-32(31)46-39)27-10-11-28-19-30(13-12-26(28)18-27)33-21-44-38(47-33)35-17-25(5)22-51(35)41(53)37(24(3)4)49-43(55)57-7/h10-15,17-21,23-24,34-37H,8-9,16,22H2,1-7H3,(H,44,47)(H,45,46)(H,48,54)(H,49,55)/t34-,35-,36-,37-/m0/s1. The number of amides is 4. The smallest absolute Gasteiger partial charge is 0.407 e. The van der Waals surface area contributed by atoms with E-state index in [9.17, 15) is 19.2 Å². The number of carbonyl (C=O) groups excluding carboxylic acids is 4. The van der Waals surface area contributed by atoms with E-state index in [1.54, 1.807) is 11.1 Å². The minimum Gasteiger partial charge on any atom is -0.453 e. The molecule has 298 valence electrons. The molecule has 14 heteroatoms. The number of nitrogens with one attached hydrogen (secondary N) is 4. The van der Waals surface area contributed by atoms with E-state index >= 15 is 0 Å². The molecule has 4 amide bonds. The molecule has 5 aromatic rings. The first-order valence-corrected chi connectivity index (χ1v) is 19.4. The molecule has 3 aromatic carbocycles. The number of hydrogen-bond donors (Lipinski definition) is 4. The highest BCUT2D eigenvalue weighted by Gasteiger charge is 2.38. The fourth-order valence-electron chi connectivity index (χ4n) is 7.88. The van der Waals surface area contributed by atoms with Gasteiger partial charge in [-0.15, -0.1) is 0 Å². The molecule has 14 nitrogen and oxygen atoms in total. The predicted molar refractivity (Wildman–Crippen MR) is 217 cm³/mol. The summed E-state index contributed by atoms with van der Waals surface area (Å²) >= 11 is 0. The average Bonchev–Trinajstić information content (AvgIpc) is 4.03. The summed E-state index contributed by atoms with van der Waals surface area (Å²) in [6, 6.07) is 16.7. The largest absolute Gasteiger partial charge is 0.453 e. The van der Waals surface area contributed by atoms with Crippen molar-refractivity contribution >= 4 is 45.8 Å². The van der Waals surface area contributed by atoms with Crippen molar-refractivity contribution in [1.29, 1.82) is 0 Å². The van der Waals surface area contributed by atoms with E-state index in [1.165, 1.54) is 14.2 Å². The number of ether oxygens (including phenoxy) is 2. The van der Waals surface area contributed by atoms with Gasteiger partial charge in [0.25, 0.3) is 0 Å². The maximum absolute atomic E-state index is 13.7. The zero-order chi connectivity index (χ0) is 40.5. The lowest BCUT2D eigenvalue weighted by atomic mass is 9.99. The zero-order valence-corrected chi connectivity index (χ0v) is 33.4. The highest BCUT2D eigenvalue weighted by Crippen LogP contribution is 2.35. The van der Waals surface area contributed by atoms with E-state index in [1.807, 2.05) is 51.7 Å². The van der Waals surface area contributed by atoms with Crippen molar-refractivity contribution in [3.63, 3.8) is 0 Å². The van der Waals surface area contributed by atoms with Gasteiger partial charge < -0.3 is 39.9 Å². The molecule has 0 spiro atoms. The quantitative estimate of drug-likeness (QED) is 0.110. The molecule has 0 unspecified atom stereocenters. The highest BCUT2D eigenvalue weighted by molar-refractivity contribution is 5.92. The van der Waals surface area contributed by atoms with Crippen molar-refractivity contribution in [1.82, 2.24) is 40.4 Å². The SMILES string of the molecule is COC(=O)N[C@H](C(=O)N1CC(C)=C[C@H]1c1ncc(-c2ccc3cc(-c4ccc5nc([C@@H]6CCCN6C(=O)[C@@H](NC(=O)OC)C(C)C)[nH]c5c4)ccc3c2)[nH]1)C(C)C. The summed E-state index contributed by atoms with van der Waals surface area (Å²) in [6.45, 7) is 10.6. The Bertz CT molecular complexity index is 2360. The van der Waals surface area contributed by atoms with Crippen molar-refractivity contribution in [3.8, 4) is 22.4 Å². The van der Waals surface area contributed by atoms with E-state index in [4.69, 9.17) is 19.4 Å². The average molecular weight is 775 g/mol. The van der Waals surface area contributed by atoms with E-state index in [0.717, 1.165) is 68.4 Å². The number of fused-ring (bicyclic) bond motifs is 2. The normalized spacial score (nSPS) is 17.9. The lowest BCUT2D eigenvalue weighted by Gasteiger charge is -2.30. The molecule has 2 aliphatic heterocycles. The Balaban J connectivity index is 1.08. The Kier molecular flexibility index (Phi) is 11.1. The first-order chi connectivity index (χ1) is 27.3. The number of alkyl carbamates (subject to hydrolysis) is 2. The molecule has 0 aliphatic carbocycles. The lowest BCUT2D eigenvalue weighted by Crippen LogP contribution is -2.51. The number of nitrogens with zero attached hydrogens (tertiary/aromatic N) is 4. The van der Waals surface area contributed by atoms with Crippen LogP contribution in [0.3, 0.4) is 0 Å². The fourth-order valence-corrected chi connectivity index (χ4v) is 7.88. The summed E-state index contributed by atoms with van der Waals surface area (Å²) in [7, 11) is 2.57. The second-order valence-corrected chi connectivity index (χ2v) is 15.6. The minimum absolute atomic E-state index is 0.112. The molecule has 4 atom stereocenters.